The predicted octanol–water partition coefficient (Wildman–Crippen LogP) is 1.41. The molecule has 134 valence electrons. The Morgan fingerprint density at radius 1 is 1.33 bits per heavy atom. The van der Waals surface area contributed by atoms with Crippen molar-refractivity contribution in [2.45, 2.75) is 62.8 Å². The number of β-lactam (4-membered cyclic amide) rings is 1. The van der Waals surface area contributed by atoms with Crippen LogP contribution in [0.25, 0.3) is 0 Å². The maximum atomic E-state index is 11.8. The van der Waals surface area contributed by atoms with Crippen molar-refractivity contribution >= 4 is 29.7 Å². The summed E-state index contributed by atoms with van der Waals surface area (Å²) in [6.07, 6.45) is 4.52. The van der Waals surface area contributed by atoms with Crippen LogP contribution in [0.3, 0.4) is 0 Å². The van der Waals surface area contributed by atoms with Crippen LogP contribution in [-0.2, 0) is 19.1 Å². The van der Waals surface area contributed by atoms with Gasteiger partial charge in [0, 0.05) is 4.75 Å². The van der Waals surface area contributed by atoms with Gasteiger partial charge >= 0.3 is 12.1 Å². The Morgan fingerprint density at radius 2 is 1.96 bits per heavy atom. The third kappa shape index (κ3) is 6.71. The molecule has 7 nitrogen and oxygen atoms in total. The molecule has 1 aliphatic rings. The van der Waals surface area contributed by atoms with Crippen molar-refractivity contribution in [1.29, 1.82) is 0 Å². The number of amides is 2. The number of terminal acetylenes is 1. The highest BCUT2D eigenvalue weighted by molar-refractivity contribution is 8.01. The summed E-state index contributed by atoms with van der Waals surface area (Å²) in [6.45, 7) is 8.86. The van der Waals surface area contributed by atoms with Gasteiger partial charge in [-0.2, -0.15) is 0 Å². The lowest BCUT2D eigenvalue weighted by Crippen LogP contribution is -2.68. The minimum Gasteiger partial charge on any atom is -0.452 e. The van der Waals surface area contributed by atoms with Gasteiger partial charge in [0.05, 0.1) is 6.42 Å². The molecular weight excluding hydrogens is 332 g/mol. The summed E-state index contributed by atoms with van der Waals surface area (Å²) < 4.78 is 9.51. The van der Waals surface area contributed by atoms with Crippen molar-refractivity contribution in [2.75, 3.05) is 6.61 Å². The summed E-state index contributed by atoms with van der Waals surface area (Å²) >= 11 is 1.37. The van der Waals surface area contributed by atoms with E-state index in [1.54, 1.807) is 20.8 Å². The van der Waals surface area contributed by atoms with E-state index in [9.17, 15) is 14.4 Å². The molecule has 0 bridgehead atoms. The number of nitrogens with one attached hydrogen (secondary N) is 2. The van der Waals surface area contributed by atoms with Crippen molar-refractivity contribution in [1.82, 2.24) is 10.6 Å². The normalized spacial score (nSPS) is 20.2. The van der Waals surface area contributed by atoms with Crippen LogP contribution in [-0.4, -0.2) is 46.3 Å². The number of rotatable bonds is 6. The standard InChI is InChI=1S/C16H24N2O5S/c1-7-8-22-10(19)9-16(5,6)24-13-11(12(20)18-13)17-14(21)23-15(2,3)4/h1,11,13H,8-9H2,2-6H3,(H,17,21)(H,18,20)/t11-,13-/m1/s1. The first kappa shape index (κ1) is 20.2. The molecule has 2 amide bonds. The molecule has 1 fully saturated rings. The van der Waals surface area contributed by atoms with E-state index in [2.05, 4.69) is 16.6 Å². The summed E-state index contributed by atoms with van der Waals surface area (Å²) in [6, 6.07) is -0.703. The Hall–Kier alpha value is -1.88. The van der Waals surface area contributed by atoms with Crippen LogP contribution >= 0.6 is 11.8 Å². The van der Waals surface area contributed by atoms with E-state index in [0.717, 1.165) is 0 Å². The topological polar surface area (TPSA) is 93.7 Å². The fraction of sp³-hybridized carbons (Fsp3) is 0.688. The zero-order chi connectivity index (χ0) is 18.5. The Kier molecular flexibility index (Phi) is 6.55. The zero-order valence-electron chi connectivity index (χ0n) is 14.6. The summed E-state index contributed by atoms with van der Waals surface area (Å²) in [7, 11) is 0. The minimum absolute atomic E-state index is 0.0669. The highest BCUT2D eigenvalue weighted by atomic mass is 32.2. The van der Waals surface area contributed by atoms with Crippen LogP contribution in [0.2, 0.25) is 0 Å². The van der Waals surface area contributed by atoms with Crippen molar-refractivity contribution in [3.8, 4) is 12.3 Å². The average Bonchev–Trinajstić information content (AvgIpc) is 2.39. The van der Waals surface area contributed by atoms with Crippen LogP contribution in [0.1, 0.15) is 41.0 Å². The monoisotopic (exact) mass is 356 g/mol. The molecule has 0 saturated carbocycles. The number of hydrogen-bond acceptors (Lipinski definition) is 6. The van der Waals surface area contributed by atoms with Gasteiger partial charge in [-0.3, -0.25) is 9.59 Å². The second-order valence-corrected chi connectivity index (χ2v) is 8.82. The fourth-order valence-corrected chi connectivity index (χ4v) is 3.33. The number of carbonyl (C=O) groups is 3. The van der Waals surface area contributed by atoms with Crippen LogP contribution in [0, 0.1) is 12.3 Å². The molecule has 0 aliphatic carbocycles. The SMILES string of the molecule is C#CCOC(=O)CC(C)(C)S[C@H]1NC(=O)[C@H]1NC(=O)OC(C)(C)C. The Balaban J connectivity index is 2.54. The van der Waals surface area contributed by atoms with Crippen LogP contribution < -0.4 is 10.6 Å². The molecule has 0 radical (unpaired) electrons. The number of hydrogen-bond donors (Lipinski definition) is 2. The van der Waals surface area contributed by atoms with Gasteiger partial charge in [0.15, 0.2) is 6.61 Å². The molecule has 0 aromatic heterocycles. The first-order chi connectivity index (χ1) is 10.9. The van der Waals surface area contributed by atoms with E-state index in [1.165, 1.54) is 11.8 Å². The first-order valence-electron chi connectivity index (χ1n) is 7.50. The summed E-state index contributed by atoms with van der Waals surface area (Å²) in [4.78, 5) is 35.2. The molecule has 8 heteroatoms. The maximum Gasteiger partial charge on any atom is 0.408 e. The third-order valence-corrected chi connectivity index (χ3v) is 4.30. The molecule has 1 heterocycles. The number of alkyl carbamates (subject to hydrolysis) is 1. The summed E-state index contributed by atoms with van der Waals surface area (Å²) in [5.41, 5.74) is -0.646. The fourth-order valence-electron chi connectivity index (χ4n) is 1.93. The van der Waals surface area contributed by atoms with Gasteiger partial charge in [-0.1, -0.05) is 19.8 Å². The molecule has 0 aromatic rings. The van der Waals surface area contributed by atoms with E-state index in [0.29, 0.717) is 0 Å². The molecule has 1 rings (SSSR count). The highest BCUT2D eigenvalue weighted by Crippen LogP contribution is 2.35. The average molecular weight is 356 g/mol. The zero-order valence-corrected chi connectivity index (χ0v) is 15.4. The Labute approximate surface area is 146 Å². The molecule has 0 spiro atoms. The molecule has 2 N–H and O–H groups in total. The van der Waals surface area contributed by atoms with Crippen molar-refractivity contribution in [3.63, 3.8) is 0 Å². The lowest BCUT2D eigenvalue weighted by atomic mass is 10.1. The van der Waals surface area contributed by atoms with Gasteiger partial charge in [-0.05, 0) is 20.8 Å². The van der Waals surface area contributed by atoms with Crippen molar-refractivity contribution < 1.29 is 23.9 Å². The van der Waals surface area contributed by atoms with E-state index in [1.807, 2.05) is 13.8 Å². The lowest BCUT2D eigenvalue weighted by molar-refractivity contribution is -0.142. The van der Waals surface area contributed by atoms with Gasteiger partial charge < -0.3 is 20.1 Å². The van der Waals surface area contributed by atoms with Gasteiger partial charge in [-0.15, -0.1) is 18.2 Å². The smallest absolute Gasteiger partial charge is 0.408 e. The molecule has 24 heavy (non-hydrogen) atoms. The number of esters is 1. The van der Waals surface area contributed by atoms with Crippen LogP contribution in [0.4, 0.5) is 4.79 Å². The summed E-state index contributed by atoms with van der Waals surface area (Å²) in [5, 5.41) is 4.90. The van der Waals surface area contributed by atoms with Gasteiger partial charge in [0.25, 0.3) is 0 Å². The largest absolute Gasteiger partial charge is 0.452 e. The van der Waals surface area contributed by atoms with E-state index >= 15 is 0 Å². The lowest BCUT2D eigenvalue weighted by Gasteiger charge is -2.40. The van der Waals surface area contributed by atoms with E-state index in [-0.39, 0.29) is 24.3 Å². The second-order valence-electron chi connectivity index (χ2n) is 6.97. The van der Waals surface area contributed by atoms with Crippen LogP contribution in [0.5, 0.6) is 0 Å². The quantitative estimate of drug-likeness (QED) is 0.425. The highest BCUT2D eigenvalue weighted by Gasteiger charge is 2.44. The first-order valence-corrected chi connectivity index (χ1v) is 8.38. The van der Waals surface area contributed by atoms with Gasteiger partial charge in [0.2, 0.25) is 5.91 Å². The molecular formula is C16H24N2O5S. The number of carbonyl (C=O) groups excluding carboxylic acids is 3. The molecule has 2 atom stereocenters. The summed E-state index contributed by atoms with van der Waals surface area (Å²) in [5.74, 6) is 1.53. The van der Waals surface area contributed by atoms with E-state index < -0.39 is 28.5 Å². The van der Waals surface area contributed by atoms with Crippen LogP contribution in [0.15, 0.2) is 0 Å². The van der Waals surface area contributed by atoms with Gasteiger partial charge in [0.1, 0.15) is 17.0 Å². The van der Waals surface area contributed by atoms with Crippen molar-refractivity contribution in [3.05, 3.63) is 0 Å². The molecule has 1 aliphatic heterocycles. The van der Waals surface area contributed by atoms with Gasteiger partial charge in [-0.25, -0.2) is 4.79 Å². The predicted molar refractivity (Wildman–Crippen MR) is 91.2 cm³/mol. The third-order valence-electron chi connectivity index (χ3n) is 2.87. The number of thioether (sulfide) groups is 1. The Bertz CT molecular complexity index is 548. The van der Waals surface area contributed by atoms with Crippen molar-refractivity contribution in [2.24, 2.45) is 0 Å². The maximum absolute atomic E-state index is 11.8. The molecule has 1 saturated heterocycles. The van der Waals surface area contributed by atoms with E-state index in [4.69, 9.17) is 15.9 Å². The number of ether oxygens (including phenoxy) is 2. The Morgan fingerprint density at radius 3 is 2.46 bits per heavy atom. The minimum atomic E-state index is -0.703. The molecule has 0 aromatic carbocycles. The second kappa shape index (κ2) is 7.79. The molecule has 0 unspecified atom stereocenters.